The second-order valence-electron chi connectivity index (χ2n) is 2.94. The van der Waals surface area contributed by atoms with E-state index in [0.29, 0.717) is 6.07 Å². The number of methoxy groups -OCH3 is 1. The molecular formula is C8H4F3IN2O5. The number of hydrogen-bond acceptors (Lipinski definition) is 6. The molecule has 0 radical (unpaired) electrons. The molecule has 0 spiro atoms. The number of esters is 1. The molecule has 1 rings (SSSR count). The van der Waals surface area contributed by atoms with Gasteiger partial charge in [0.25, 0.3) is 0 Å². The molecule has 0 amide bonds. The Morgan fingerprint density at radius 3 is 2.53 bits per heavy atom. The molecule has 1 heterocycles. The van der Waals surface area contributed by atoms with Crippen LogP contribution < -0.4 is 4.74 Å². The maximum atomic E-state index is 12.1. The Kier molecular flexibility index (Phi) is 4.49. The van der Waals surface area contributed by atoms with E-state index in [1.807, 2.05) is 0 Å². The third kappa shape index (κ3) is 3.90. The lowest BCUT2D eigenvalue weighted by molar-refractivity contribution is -0.385. The number of aromatic nitrogens is 1. The van der Waals surface area contributed by atoms with Crippen molar-refractivity contribution in [3.8, 4) is 5.75 Å². The number of hydrogen-bond donors (Lipinski definition) is 0. The van der Waals surface area contributed by atoms with Gasteiger partial charge in [-0.15, -0.1) is 13.2 Å². The van der Waals surface area contributed by atoms with Gasteiger partial charge in [0.2, 0.25) is 5.69 Å². The number of rotatable bonds is 3. The van der Waals surface area contributed by atoms with E-state index >= 15 is 0 Å². The molecule has 0 unspecified atom stereocenters. The van der Waals surface area contributed by atoms with Crippen LogP contribution in [0.15, 0.2) is 6.07 Å². The summed E-state index contributed by atoms with van der Waals surface area (Å²) in [6, 6.07) is 0.467. The first-order chi connectivity index (χ1) is 8.65. The summed E-state index contributed by atoms with van der Waals surface area (Å²) in [6.07, 6.45) is -5.03. The van der Waals surface area contributed by atoms with Crippen LogP contribution in [0.3, 0.4) is 0 Å². The minimum Gasteiger partial charge on any atom is -0.464 e. The van der Waals surface area contributed by atoms with Gasteiger partial charge in [0.05, 0.1) is 18.1 Å². The number of ether oxygens (including phenoxy) is 2. The molecule has 7 nitrogen and oxygen atoms in total. The Morgan fingerprint density at radius 1 is 1.53 bits per heavy atom. The number of halogens is 4. The van der Waals surface area contributed by atoms with E-state index in [1.54, 1.807) is 0 Å². The van der Waals surface area contributed by atoms with E-state index in [1.165, 1.54) is 22.6 Å². The van der Waals surface area contributed by atoms with Gasteiger partial charge in [0.1, 0.15) is 3.70 Å². The minimum absolute atomic E-state index is 0.360. The largest absolute Gasteiger partial charge is 0.573 e. The summed E-state index contributed by atoms with van der Waals surface area (Å²) >= 11 is 1.35. The lowest BCUT2D eigenvalue weighted by Gasteiger charge is -2.10. The second kappa shape index (κ2) is 5.54. The Hall–Kier alpha value is -1.66. The second-order valence-corrected chi connectivity index (χ2v) is 3.96. The topological polar surface area (TPSA) is 91.6 Å². The predicted octanol–water partition coefficient (Wildman–Crippen LogP) is 2.28. The van der Waals surface area contributed by atoms with Gasteiger partial charge in [0, 0.05) is 0 Å². The molecule has 0 bridgehead atoms. The summed E-state index contributed by atoms with van der Waals surface area (Å²) in [7, 11) is 0.959. The normalized spacial score (nSPS) is 11.0. The first-order valence-corrected chi connectivity index (χ1v) is 5.42. The third-order valence-electron chi connectivity index (χ3n) is 1.72. The van der Waals surface area contributed by atoms with Gasteiger partial charge in [-0.1, -0.05) is 0 Å². The van der Waals surface area contributed by atoms with Crippen LogP contribution in [-0.4, -0.2) is 29.3 Å². The predicted molar refractivity (Wildman–Crippen MR) is 61.6 cm³/mol. The van der Waals surface area contributed by atoms with E-state index in [-0.39, 0.29) is 3.70 Å². The van der Waals surface area contributed by atoms with E-state index in [0.717, 1.165) is 7.11 Å². The molecule has 1 aromatic heterocycles. The maximum absolute atomic E-state index is 12.1. The van der Waals surface area contributed by atoms with Crippen LogP contribution in [0.25, 0.3) is 0 Å². The smallest absolute Gasteiger partial charge is 0.464 e. The molecule has 0 aliphatic heterocycles. The summed E-state index contributed by atoms with van der Waals surface area (Å²) in [4.78, 5) is 24.3. The van der Waals surface area contributed by atoms with Crippen LogP contribution in [0.2, 0.25) is 0 Å². The average Bonchev–Trinajstić information content (AvgIpc) is 2.28. The molecule has 19 heavy (non-hydrogen) atoms. The van der Waals surface area contributed by atoms with Gasteiger partial charge < -0.3 is 9.47 Å². The fourth-order valence-corrected chi connectivity index (χ4v) is 1.55. The quantitative estimate of drug-likeness (QED) is 0.258. The van der Waals surface area contributed by atoms with Crippen molar-refractivity contribution in [2.75, 3.05) is 7.11 Å². The molecule has 0 aromatic carbocycles. The molecule has 104 valence electrons. The lowest BCUT2D eigenvalue weighted by Crippen LogP contribution is -2.19. The van der Waals surface area contributed by atoms with Gasteiger partial charge in [-0.05, 0) is 22.6 Å². The van der Waals surface area contributed by atoms with Gasteiger partial charge in [-0.3, -0.25) is 10.1 Å². The Balaban J connectivity index is 3.37. The SMILES string of the molecule is COC(=O)c1nc(I)c(OC(F)(F)F)cc1[N+](=O)[O-]. The Labute approximate surface area is 117 Å². The van der Waals surface area contributed by atoms with Gasteiger partial charge in [0.15, 0.2) is 5.75 Å². The Bertz CT molecular complexity index is 534. The summed E-state index contributed by atoms with van der Waals surface area (Å²) in [5.41, 5.74) is -1.64. The molecule has 0 saturated carbocycles. The molecule has 0 atom stereocenters. The molecule has 0 aliphatic rings. The van der Waals surface area contributed by atoms with Crippen molar-refractivity contribution >= 4 is 34.2 Å². The number of nitrogens with zero attached hydrogens (tertiary/aromatic N) is 2. The summed E-state index contributed by atoms with van der Waals surface area (Å²) < 4.78 is 43.6. The molecule has 0 N–H and O–H groups in total. The first kappa shape index (κ1) is 15.4. The van der Waals surface area contributed by atoms with E-state index in [4.69, 9.17) is 0 Å². The zero-order chi connectivity index (χ0) is 14.8. The van der Waals surface area contributed by atoms with Crippen molar-refractivity contribution in [3.05, 3.63) is 25.6 Å². The maximum Gasteiger partial charge on any atom is 0.573 e. The standard InChI is InChI=1S/C8H4F3IN2O5/c1-18-7(15)5-3(14(16)17)2-4(6(12)13-5)19-8(9,10)11/h2H,1H3. The lowest BCUT2D eigenvalue weighted by atomic mass is 10.3. The monoisotopic (exact) mass is 392 g/mol. The van der Waals surface area contributed by atoms with Gasteiger partial charge >= 0.3 is 18.0 Å². The van der Waals surface area contributed by atoms with Crippen molar-refractivity contribution in [1.82, 2.24) is 4.98 Å². The zero-order valence-electron chi connectivity index (χ0n) is 9.02. The number of carbonyl (C=O) groups excluding carboxylic acids is 1. The molecule has 11 heteroatoms. The highest BCUT2D eigenvalue weighted by Gasteiger charge is 2.34. The number of alkyl halides is 3. The number of carbonyl (C=O) groups is 1. The van der Waals surface area contributed by atoms with Crippen molar-refractivity contribution in [1.29, 1.82) is 0 Å². The van der Waals surface area contributed by atoms with E-state index in [2.05, 4.69) is 14.5 Å². The van der Waals surface area contributed by atoms with Crippen LogP contribution in [-0.2, 0) is 4.74 Å². The molecule has 0 fully saturated rings. The molecule has 0 saturated heterocycles. The molecule has 0 aliphatic carbocycles. The fourth-order valence-electron chi connectivity index (χ4n) is 1.04. The fraction of sp³-hybridized carbons (Fsp3) is 0.250. The van der Waals surface area contributed by atoms with Crippen molar-refractivity contribution in [3.63, 3.8) is 0 Å². The molecule has 1 aromatic rings. The van der Waals surface area contributed by atoms with Crippen LogP contribution in [0.5, 0.6) is 5.75 Å². The van der Waals surface area contributed by atoms with Crippen LogP contribution >= 0.6 is 22.6 Å². The summed E-state index contributed by atoms with van der Waals surface area (Å²) in [6.45, 7) is 0. The van der Waals surface area contributed by atoms with Crippen molar-refractivity contribution < 1.29 is 32.4 Å². The van der Waals surface area contributed by atoms with Crippen LogP contribution in [0, 0.1) is 13.8 Å². The summed E-state index contributed by atoms with van der Waals surface area (Å²) in [5, 5.41) is 10.7. The minimum atomic E-state index is -5.03. The van der Waals surface area contributed by atoms with E-state index in [9.17, 15) is 28.1 Å². The van der Waals surface area contributed by atoms with Crippen molar-refractivity contribution in [2.45, 2.75) is 6.36 Å². The van der Waals surface area contributed by atoms with Gasteiger partial charge in [-0.2, -0.15) is 0 Å². The first-order valence-electron chi connectivity index (χ1n) is 4.34. The van der Waals surface area contributed by atoms with Gasteiger partial charge in [-0.25, -0.2) is 9.78 Å². The number of nitro groups is 1. The highest BCUT2D eigenvalue weighted by molar-refractivity contribution is 14.1. The Morgan fingerprint density at radius 2 is 2.11 bits per heavy atom. The number of pyridine rings is 1. The van der Waals surface area contributed by atoms with Crippen LogP contribution in [0.1, 0.15) is 10.5 Å². The van der Waals surface area contributed by atoms with Crippen LogP contribution in [0.4, 0.5) is 18.9 Å². The zero-order valence-corrected chi connectivity index (χ0v) is 11.2. The highest BCUT2D eigenvalue weighted by Crippen LogP contribution is 2.31. The van der Waals surface area contributed by atoms with E-state index < -0.39 is 34.4 Å². The molecular weight excluding hydrogens is 388 g/mol. The van der Waals surface area contributed by atoms with Crippen molar-refractivity contribution in [2.24, 2.45) is 0 Å². The highest BCUT2D eigenvalue weighted by atomic mass is 127. The summed E-state index contributed by atoms with van der Waals surface area (Å²) in [5.74, 6) is -2.00. The third-order valence-corrected chi connectivity index (χ3v) is 2.50. The average molecular weight is 392 g/mol.